The number of benzene rings is 1. The zero-order chi connectivity index (χ0) is 23.2. The Morgan fingerprint density at radius 2 is 1.82 bits per heavy atom. The number of amides is 1. The summed E-state index contributed by atoms with van der Waals surface area (Å²) < 4.78 is 7.45. The summed E-state index contributed by atoms with van der Waals surface area (Å²) in [5, 5.41) is 4.98. The molecule has 1 aromatic carbocycles. The Balaban J connectivity index is 1.68. The van der Waals surface area contributed by atoms with Gasteiger partial charge in [0.05, 0.1) is 24.5 Å². The topological polar surface area (TPSA) is 53.8 Å². The van der Waals surface area contributed by atoms with E-state index in [0.29, 0.717) is 19.7 Å². The number of methoxy groups -OCH3 is 1. The Bertz CT molecular complexity index is 899. The molecule has 2 fully saturated rings. The number of hydrogen-bond donors (Lipinski definition) is 0. The van der Waals surface area contributed by atoms with Gasteiger partial charge in [0, 0.05) is 51.3 Å². The minimum atomic E-state index is 0.155. The lowest BCUT2D eigenvalue weighted by Crippen LogP contribution is -2.47. The van der Waals surface area contributed by atoms with E-state index in [1.54, 1.807) is 7.11 Å². The average Bonchev–Trinajstić information content (AvgIpc) is 3.50. The number of carbonyl (C=O) groups is 1. The molecule has 1 aromatic heterocycles. The summed E-state index contributed by atoms with van der Waals surface area (Å²) in [6.07, 6.45) is 4.34. The molecule has 1 saturated carbocycles. The molecule has 33 heavy (non-hydrogen) atoms. The zero-order valence-corrected chi connectivity index (χ0v) is 20.5. The van der Waals surface area contributed by atoms with E-state index in [9.17, 15) is 4.79 Å². The van der Waals surface area contributed by atoms with Gasteiger partial charge in [-0.15, -0.1) is 0 Å². The van der Waals surface area contributed by atoms with Gasteiger partial charge in [-0.25, -0.2) is 4.68 Å². The third-order valence-corrected chi connectivity index (χ3v) is 7.21. The molecule has 1 amide bonds. The van der Waals surface area contributed by atoms with Crippen LogP contribution < -0.4 is 4.90 Å². The number of aryl methyl sites for hydroxylation is 1. The van der Waals surface area contributed by atoms with E-state index in [4.69, 9.17) is 9.84 Å². The molecule has 1 aliphatic heterocycles. The SMILES string of the molecule is CCN1CCN(c2c(CN(CCOC)C(=O)C3CCCC3)c(C)nn2-c2ccccc2)CC1. The molecule has 180 valence electrons. The number of hydrogen-bond acceptors (Lipinski definition) is 5. The molecular formula is C26H39N5O2. The minimum Gasteiger partial charge on any atom is -0.383 e. The van der Waals surface area contributed by atoms with Crippen LogP contribution in [0, 0.1) is 12.8 Å². The average molecular weight is 454 g/mol. The highest BCUT2D eigenvalue weighted by Crippen LogP contribution is 2.32. The molecule has 0 bridgehead atoms. The first-order chi connectivity index (χ1) is 16.1. The maximum atomic E-state index is 13.4. The van der Waals surface area contributed by atoms with Crippen LogP contribution in [0.15, 0.2) is 30.3 Å². The first kappa shape index (κ1) is 23.8. The molecule has 2 aliphatic rings. The number of ether oxygens (including phenoxy) is 1. The molecule has 1 aliphatic carbocycles. The smallest absolute Gasteiger partial charge is 0.226 e. The van der Waals surface area contributed by atoms with Crippen molar-refractivity contribution in [2.24, 2.45) is 5.92 Å². The minimum absolute atomic E-state index is 0.155. The quantitative estimate of drug-likeness (QED) is 0.582. The third kappa shape index (κ3) is 5.41. The monoisotopic (exact) mass is 453 g/mol. The van der Waals surface area contributed by atoms with Crippen LogP contribution >= 0.6 is 0 Å². The standard InChI is InChI=1S/C26H39N5O2/c1-4-28-14-16-29(17-15-28)25-24(21(2)27-31(25)23-12-6-5-7-13-23)20-30(18-19-33-3)26(32)22-10-8-9-11-22/h5-7,12-13,22H,4,8-11,14-20H2,1-3H3. The fourth-order valence-electron chi connectivity index (χ4n) is 5.17. The second-order valence-corrected chi connectivity index (χ2v) is 9.29. The third-order valence-electron chi connectivity index (χ3n) is 7.21. The molecule has 7 heteroatoms. The van der Waals surface area contributed by atoms with Crippen molar-refractivity contribution in [3.8, 4) is 5.69 Å². The van der Waals surface area contributed by atoms with Crippen LogP contribution in [-0.4, -0.2) is 78.5 Å². The van der Waals surface area contributed by atoms with Crippen LogP contribution in [0.1, 0.15) is 43.9 Å². The Morgan fingerprint density at radius 1 is 1.12 bits per heavy atom. The van der Waals surface area contributed by atoms with Gasteiger partial charge in [-0.2, -0.15) is 5.10 Å². The summed E-state index contributed by atoms with van der Waals surface area (Å²) in [5.41, 5.74) is 3.21. The lowest BCUT2D eigenvalue weighted by Gasteiger charge is -2.36. The molecule has 0 spiro atoms. The van der Waals surface area contributed by atoms with Crippen LogP contribution in [0.25, 0.3) is 5.69 Å². The number of para-hydroxylation sites is 1. The van der Waals surface area contributed by atoms with Gasteiger partial charge in [0.15, 0.2) is 0 Å². The lowest BCUT2D eigenvalue weighted by atomic mass is 10.1. The van der Waals surface area contributed by atoms with E-state index in [0.717, 1.165) is 81.2 Å². The van der Waals surface area contributed by atoms with Gasteiger partial charge in [-0.3, -0.25) is 4.79 Å². The van der Waals surface area contributed by atoms with Gasteiger partial charge in [0.1, 0.15) is 5.82 Å². The highest BCUT2D eigenvalue weighted by molar-refractivity contribution is 5.79. The number of rotatable bonds is 9. The van der Waals surface area contributed by atoms with Crippen molar-refractivity contribution in [1.29, 1.82) is 0 Å². The summed E-state index contributed by atoms with van der Waals surface area (Å²) in [4.78, 5) is 20.4. The predicted molar refractivity (Wildman–Crippen MR) is 132 cm³/mol. The Labute approximate surface area is 198 Å². The van der Waals surface area contributed by atoms with Gasteiger partial charge in [0.25, 0.3) is 0 Å². The van der Waals surface area contributed by atoms with E-state index in [2.05, 4.69) is 52.6 Å². The van der Waals surface area contributed by atoms with Crippen molar-refractivity contribution in [3.63, 3.8) is 0 Å². The number of nitrogens with zero attached hydrogens (tertiary/aromatic N) is 5. The van der Waals surface area contributed by atoms with Crippen LogP contribution in [-0.2, 0) is 16.1 Å². The second-order valence-electron chi connectivity index (χ2n) is 9.29. The number of aromatic nitrogens is 2. The molecule has 2 aromatic rings. The summed E-state index contributed by atoms with van der Waals surface area (Å²) >= 11 is 0. The summed E-state index contributed by atoms with van der Waals surface area (Å²) in [6, 6.07) is 10.4. The Morgan fingerprint density at radius 3 is 2.45 bits per heavy atom. The van der Waals surface area contributed by atoms with Crippen LogP contribution in [0.2, 0.25) is 0 Å². The number of carbonyl (C=O) groups excluding carboxylic acids is 1. The van der Waals surface area contributed by atoms with E-state index in [1.807, 2.05) is 11.0 Å². The molecule has 2 heterocycles. The van der Waals surface area contributed by atoms with Gasteiger partial charge >= 0.3 is 0 Å². The molecule has 0 N–H and O–H groups in total. The summed E-state index contributed by atoms with van der Waals surface area (Å²) in [7, 11) is 1.70. The van der Waals surface area contributed by atoms with Gasteiger partial charge in [0.2, 0.25) is 5.91 Å². The molecule has 4 rings (SSSR count). The fraction of sp³-hybridized carbons (Fsp3) is 0.615. The highest BCUT2D eigenvalue weighted by Gasteiger charge is 2.31. The highest BCUT2D eigenvalue weighted by atomic mass is 16.5. The summed E-state index contributed by atoms with van der Waals surface area (Å²) in [6.45, 7) is 11.2. The lowest BCUT2D eigenvalue weighted by molar-refractivity contribution is -0.136. The van der Waals surface area contributed by atoms with Crippen molar-refractivity contribution in [2.45, 2.75) is 46.1 Å². The zero-order valence-electron chi connectivity index (χ0n) is 20.5. The maximum absolute atomic E-state index is 13.4. The second kappa shape index (κ2) is 11.2. The van der Waals surface area contributed by atoms with E-state index >= 15 is 0 Å². The predicted octanol–water partition coefficient (Wildman–Crippen LogP) is 3.49. The number of likely N-dealkylation sites (N-methyl/N-ethyl adjacent to an activating group) is 1. The van der Waals surface area contributed by atoms with Crippen molar-refractivity contribution < 1.29 is 9.53 Å². The van der Waals surface area contributed by atoms with E-state index < -0.39 is 0 Å². The van der Waals surface area contributed by atoms with Crippen molar-refractivity contribution in [1.82, 2.24) is 19.6 Å². The van der Waals surface area contributed by atoms with Crippen molar-refractivity contribution in [2.75, 3.05) is 57.9 Å². The fourth-order valence-corrected chi connectivity index (χ4v) is 5.17. The molecule has 0 atom stereocenters. The van der Waals surface area contributed by atoms with Crippen molar-refractivity contribution >= 4 is 11.7 Å². The van der Waals surface area contributed by atoms with Crippen LogP contribution in [0.3, 0.4) is 0 Å². The number of piperazine rings is 1. The van der Waals surface area contributed by atoms with E-state index in [-0.39, 0.29) is 11.8 Å². The van der Waals surface area contributed by atoms with E-state index in [1.165, 1.54) is 0 Å². The van der Waals surface area contributed by atoms with Gasteiger partial charge in [-0.05, 0) is 38.4 Å². The van der Waals surface area contributed by atoms with Crippen LogP contribution in [0.4, 0.5) is 5.82 Å². The maximum Gasteiger partial charge on any atom is 0.226 e. The molecular weight excluding hydrogens is 414 g/mol. The number of anilines is 1. The normalized spacial score (nSPS) is 17.6. The molecule has 0 radical (unpaired) electrons. The van der Waals surface area contributed by atoms with Gasteiger partial charge in [-0.1, -0.05) is 38.0 Å². The molecule has 1 saturated heterocycles. The first-order valence-corrected chi connectivity index (χ1v) is 12.5. The summed E-state index contributed by atoms with van der Waals surface area (Å²) in [5.74, 6) is 1.57. The largest absolute Gasteiger partial charge is 0.383 e. The Hall–Kier alpha value is -2.38. The first-order valence-electron chi connectivity index (χ1n) is 12.5. The van der Waals surface area contributed by atoms with Gasteiger partial charge < -0.3 is 19.4 Å². The molecule has 0 unspecified atom stereocenters. The van der Waals surface area contributed by atoms with Crippen LogP contribution in [0.5, 0.6) is 0 Å². The molecule has 7 nitrogen and oxygen atoms in total. The Kier molecular flexibility index (Phi) is 8.04. The van der Waals surface area contributed by atoms with Crippen molar-refractivity contribution in [3.05, 3.63) is 41.6 Å².